The van der Waals surface area contributed by atoms with E-state index in [1.165, 1.54) is 0 Å². The number of aliphatic imine (C=N–C) groups is 1. The first kappa shape index (κ1) is 24.2. The minimum Gasteiger partial charge on any atom is -0.466 e. The summed E-state index contributed by atoms with van der Waals surface area (Å²) >= 11 is 0. The number of ether oxygens (including phenoxy) is 1. The third kappa shape index (κ3) is 8.48. The lowest BCUT2D eigenvalue weighted by Gasteiger charge is -2.29. The molecule has 1 fully saturated rings. The Hall–Kier alpha value is -1.79. The smallest absolute Gasteiger partial charge is 0.305 e. The van der Waals surface area contributed by atoms with Crippen LogP contribution >= 0.6 is 0 Å². The Morgan fingerprint density at radius 2 is 1.71 bits per heavy atom. The Labute approximate surface area is 170 Å². The van der Waals surface area contributed by atoms with Crippen molar-refractivity contribution in [1.29, 1.82) is 0 Å². The number of esters is 1. The lowest BCUT2D eigenvalue weighted by atomic mass is 9.85. The van der Waals surface area contributed by atoms with Crippen LogP contribution in [0.2, 0.25) is 0 Å². The predicted molar refractivity (Wildman–Crippen MR) is 113 cm³/mol. The Balaban J connectivity index is 2.39. The molecule has 1 rings (SSSR count). The van der Waals surface area contributed by atoms with E-state index in [1.807, 2.05) is 27.9 Å². The van der Waals surface area contributed by atoms with Crippen molar-refractivity contribution in [1.82, 2.24) is 15.5 Å². The molecule has 0 aromatic heterocycles. The number of unbranched alkanes of at least 4 members (excludes halogenated alkanes) is 3. The third-order valence-corrected chi connectivity index (χ3v) is 5.21. The number of hydrogen-bond donors (Lipinski definition) is 2. The van der Waals surface area contributed by atoms with Gasteiger partial charge in [0.25, 0.3) is 0 Å². The fourth-order valence-electron chi connectivity index (χ4n) is 3.73. The van der Waals surface area contributed by atoms with Gasteiger partial charge in [-0.05, 0) is 39.5 Å². The zero-order chi connectivity index (χ0) is 20.8. The summed E-state index contributed by atoms with van der Waals surface area (Å²) in [6.45, 7) is 6.50. The summed E-state index contributed by atoms with van der Waals surface area (Å²) in [5.74, 6) is 0.883. The van der Waals surface area contributed by atoms with Gasteiger partial charge in [-0.1, -0.05) is 25.7 Å². The van der Waals surface area contributed by atoms with Gasteiger partial charge < -0.3 is 20.3 Å². The number of nitrogens with one attached hydrogen (secondary N) is 2. The van der Waals surface area contributed by atoms with Crippen LogP contribution in [0.15, 0.2) is 4.99 Å². The molecular formula is C21H40N4O3. The van der Waals surface area contributed by atoms with Crippen molar-refractivity contribution >= 4 is 17.8 Å². The van der Waals surface area contributed by atoms with E-state index < -0.39 is 0 Å². The standard InChI is InChI=1S/C21H40N4O3/c1-5-22-20(23-16-12-8-7-9-13-18(26)28-6-2)24-17-21(14-10-11-15-21)19(27)25(3)4/h5-17H2,1-4H3,(H2,22,23,24). The van der Waals surface area contributed by atoms with Crippen molar-refractivity contribution in [3.63, 3.8) is 0 Å². The average Bonchev–Trinajstić information content (AvgIpc) is 3.14. The molecule has 1 aliphatic rings. The first-order valence-electron chi connectivity index (χ1n) is 10.8. The summed E-state index contributed by atoms with van der Waals surface area (Å²) in [7, 11) is 3.66. The number of amides is 1. The van der Waals surface area contributed by atoms with Gasteiger partial charge >= 0.3 is 5.97 Å². The molecule has 0 unspecified atom stereocenters. The minimum absolute atomic E-state index is 0.102. The summed E-state index contributed by atoms with van der Waals surface area (Å²) in [6.07, 6.45) is 8.55. The number of carbonyl (C=O) groups excluding carboxylic acids is 2. The quantitative estimate of drug-likeness (QED) is 0.229. The Kier molecular flexibility index (Phi) is 11.6. The van der Waals surface area contributed by atoms with Crippen LogP contribution in [0.25, 0.3) is 0 Å². The number of carbonyl (C=O) groups is 2. The van der Waals surface area contributed by atoms with Gasteiger partial charge in [0, 0.05) is 33.6 Å². The van der Waals surface area contributed by atoms with Crippen molar-refractivity contribution in [2.45, 2.75) is 71.6 Å². The minimum atomic E-state index is -0.334. The van der Waals surface area contributed by atoms with Crippen LogP contribution in [0.3, 0.4) is 0 Å². The second kappa shape index (κ2) is 13.4. The fraction of sp³-hybridized carbons (Fsp3) is 0.857. The molecular weight excluding hydrogens is 356 g/mol. The maximum Gasteiger partial charge on any atom is 0.305 e. The maximum absolute atomic E-state index is 12.7. The molecule has 0 aliphatic heterocycles. The van der Waals surface area contributed by atoms with Crippen LogP contribution in [0.4, 0.5) is 0 Å². The lowest BCUT2D eigenvalue weighted by molar-refractivity contribution is -0.143. The van der Waals surface area contributed by atoms with Gasteiger partial charge in [0.15, 0.2) is 5.96 Å². The summed E-state index contributed by atoms with van der Waals surface area (Å²) in [6, 6.07) is 0. The first-order chi connectivity index (χ1) is 13.4. The van der Waals surface area contributed by atoms with Crippen molar-refractivity contribution < 1.29 is 14.3 Å². The van der Waals surface area contributed by atoms with E-state index in [0.29, 0.717) is 19.6 Å². The molecule has 0 saturated heterocycles. The number of rotatable bonds is 12. The van der Waals surface area contributed by atoms with E-state index >= 15 is 0 Å². The molecule has 162 valence electrons. The summed E-state index contributed by atoms with van der Waals surface area (Å²) in [5, 5.41) is 6.65. The van der Waals surface area contributed by atoms with Crippen LogP contribution in [-0.4, -0.2) is 63.1 Å². The monoisotopic (exact) mass is 396 g/mol. The van der Waals surface area contributed by atoms with Crippen LogP contribution < -0.4 is 10.6 Å². The van der Waals surface area contributed by atoms with Crippen molar-refractivity contribution in [3.05, 3.63) is 0 Å². The van der Waals surface area contributed by atoms with Crippen LogP contribution in [-0.2, 0) is 14.3 Å². The molecule has 1 amide bonds. The molecule has 0 aromatic carbocycles. The molecule has 0 bridgehead atoms. The SMILES string of the molecule is CCNC(=NCC1(C(=O)N(C)C)CCCC1)NCCCCCCC(=O)OCC. The number of nitrogens with zero attached hydrogens (tertiary/aromatic N) is 2. The van der Waals surface area contributed by atoms with Gasteiger partial charge in [-0.2, -0.15) is 0 Å². The Morgan fingerprint density at radius 1 is 1.04 bits per heavy atom. The van der Waals surface area contributed by atoms with Gasteiger partial charge in [0.05, 0.1) is 18.6 Å². The molecule has 0 aromatic rings. The summed E-state index contributed by atoms with van der Waals surface area (Å²) in [4.78, 5) is 30.4. The molecule has 7 nitrogen and oxygen atoms in total. The summed E-state index contributed by atoms with van der Waals surface area (Å²) in [5.41, 5.74) is -0.334. The largest absolute Gasteiger partial charge is 0.466 e. The third-order valence-electron chi connectivity index (χ3n) is 5.21. The first-order valence-corrected chi connectivity index (χ1v) is 10.8. The zero-order valence-electron chi connectivity index (χ0n) is 18.3. The lowest BCUT2D eigenvalue weighted by Crippen LogP contribution is -2.43. The highest BCUT2D eigenvalue weighted by Crippen LogP contribution is 2.39. The van der Waals surface area contributed by atoms with Gasteiger partial charge in [-0.15, -0.1) is 0 Å². The summed E-state index contributed by atoms with van der Waals surface area (Å²) < 4.78 is 4.93. The average molecular weight is 397 g/mol. The van der Waals surface area contributed by atoms with E-state index in [2.05, 4.69) is 10.6 Å². The molecule has 7 heteroatoms. The van der Waals surface area contributed by atoms with Crippen molar-refractivity contribution in [2.75, 3.05) is 40.3 Å². The highest BCUT2D eigenvalue weighted by atomic mass is 16.5. The number of guanidine groups is 1. The molecule has 0 atom stereocenters. The van der Waals surface area contributed by atoms with Crippen molar-refractivity contribution in [3.8, 4) is 0 Å². The predicted octanol–water partition coefficient (Wildman–Crippen LogP) is 2.70. The highest BCUT2D eigenvalue weighted by molar-refractivity contribution is 5.84. The second-order valence-electron chi connectivity index (χ2n) is 7.78. The van der Waals surface area contributed by atoms with E-state index in [9.17, 15) is 9.59 Å². The van der Waals surface area contributed by atoms with Gasteiger partial charge in [-0.25, -0.2) is 0 Å². The number of hydrogen-bond acceptors (Lipinski definition) is 4. The molecule has 0 spiro atoms. The topological polar surface area (TPSA) is 83.0 Å². The maximum atomic E-state index is 12.7. The molecule has 1 aliphatic carbocycles. The highest BCUT2D eigenvalue weighted by Gasteiger charge is 2.41. The van der Waals surface area contributed by atoms with E-state index in [1.54, 1.807) is 4.90 Å². The molecule has 28 heavy (non-hydrogen) atoms. The normalized spacial score (nSPS) is 15.9. The molecule has 0 radical (unpaired) electrons. The Bertz CT molecular complexity index is 500. The van der Waals surface area contributed by atoms with E-state index in [-0.39, 0.29) is 17.3 Å². The van der Waals surface area contributed by atoms with Gasteiger partial charge in [0.1, 0.15) is 0 Å². The molecule has 2 N–H and O–H groups in total. The van der Waals surface area contributed by atoms with Crippen LogP contribution in [0.1, 0.15) is 71.6 Å². The van der Waals surface area contributed by atoms with E-state index in [4.69, 9.17) is 9.73 Å². The van der Waals surface area contributed by atoms with Gasteiger partial charge in [0.2, 0.25) is 5.91 Å². The molecule has 1 saturated carbocycles. The molecule has 0 heterocycles. The second-order valence-corrected chi connectivity index (χ2v) is 7.78. The zero-order valence-corrected chi connectivity index (χ0v) is 18.3. The Morgan fingerprint density at radius 3 is 2.32 bits per heavy atom. The van der Waals surface area contributed by atoms with Crippen molar-refractivity contribution in [2.24, 2.45) is 10.4 Å². The van der Waals surface area contributed by atoms with E-state index in [0.717, 1.165) is 70.4 Å². The van der Waals surface area contributed by atoms with Crippen LogP contribution in [0.5, 0.6) is 0 Å². The van der Waals surface area contributed by atoms with Crippen LogP contribution in [0, 0.1) is 5.41 Å². The fourth-order valence-corrected chi connectivity index (χ4v) is 3.73. The van der Waals surface area contributed by atoms with Gasteiger partial charge in [-0.3, -0.25) is 14.6 Å².